The minimum absolute atomic E-state index is 0.268. The molecule has 0 amide bonds. The first kappa shape index (κ1) is 17.2. The Labute approximate surface area is 149 Å². The van der Waals surface area contributed by atoms with Gasteiger partial charge in [-0.1, -0.05) is 24.6 Å². The summed E-state index contributed by atoms with van der Waals surface area (Å²) < 4.78 is 1.09. The highest BCUT2D eigenvalue weighted by Crippen LogP contribution is 2.27. The van der Waals surface area contributed by atoms with E-state index < -0.39 is 0 Å². The van der Waals surface area contributed by atoms with Crippen LogP contribution < -0.4 is 5.32 Å². The molecule has 1 unspecified atom stereocenters. The van der Waals surface area contributed by atoms with Gasteiger partial charge in [0, 0.05) is 20.9 Å². The first-order chi connectivity index (χ1) is 10.0. The van der Waals surface area contributed by atoms with Crippen molar-refractivity contribution in [1.29, 1.82) is 0 Å². The first-order valence-corrected chi connectivity index (χ1v) is 9.39. The van der Waals surface area contributed by atoms with Crippen molar-refractivity contribution in [3.8, 4) is 0 Å². The van der Waals surface area contributed by atoms with E-state index in [-0.39, 0.29) is 6.04 Å². The van der Waals surface area contributed by atoms with Gasteiger partial charge in [-0.25, -0.2) is 4.98 Å². The molecule has 2 rings (SSSR count). The molecule has 0 fully saturated rings. The van der Waals surface area contributed by atoms with E-state index in [2.05, 4.69) is 71.9 Å². The molecule has 1 aromatic carbocycles. The topological polar surface area (TPSA) is 24.9 Å². The Bertz CT molecular complexity index is 593. The largest absolute Gasteiger partial charge is 0.310 e. The van der Waals surface area contributed by atoms with Crippen LogP contribution in [0.2, 0.25) is 5.02 Å². The molecule has 0 aliphatic carbocycles. The van der Waals surface area contributed by atoms with Gasteiger partial charge in [0.2, 0.25) is 0 Å². The summed E-state index contributed by atoms with van der Waals surface area (Å²) in [7, 11) is 0. The second kappa shape index (κ2) is 7.90. The molecule has 21 heavy (non-hydrogen) atoms. The Morgan fingerprint density at radius 1 is 1.38 bits per heavy atom. The lowest BCUT2D eigenvalue weighted by Gasteiger charge is -2.18. The van der Waals surface area contributed by atoms with Crippen molar-refractivity contribution in [2.45, 2.75) is 39.7 Å². The summed E-state index contributed by atoms with van der Waals surface area (Å²) in [4.78, 5) is 5.97. The molecule has 1 atom stereocenters. The number of hydrogen-bond donors (Lipinski definition) is 1. The van der Waals surface area contributed by atoms with Crippen LogP contribution in [0, 0.1) is 17.4 Å². The molecule has 1 aromatic heterocycles. The lowest BCUT2D eigenvalue weighted by Crippen LogP contribution is -2.24. The second-order valence-electron chi connectivity index (χ2n) is 5.13. The van der Waals surface area contributed by atoms with E-state index in [0.717, 1.165) is 33.7 Å². The molecule has 0 bridgehead atoms. The van der Waals surface area contributed by atoms with Crippen molar-refractivity contribution in [2.75, 3.05) is 6.54 Å². The number of halogens is 2. The van der Waals surface area contributed by atoms with Gasteiger partial charge < -0.3 is 5.32 Å². The molecule has 1 N–H and O–H groups in total. The summed E-state index contributed by atoms with van der Waals surface area (Å²) >= 11 is 10.3. The van der Waals surface area contributed by atoms with Crippen LogP contribution in [0.5, 0.6) is 0 Å². The number of nitrogens with zero attached hydrogens (tertiary/aromatic N) is 1. The van der Waals surface area contributed by atoms with Gasteiger partial charge in [-0.05, 0) is 67.1 Å². The summed E-state index contributed by atoms with van der Waals surface area (Å²) in [5, 5.41) is 5.63. The van der Waals surface area contributed by atoms with Crippen molar-refractivity contribution in [3.63, 3.8) is 0 Å². The van der Waals surface area contributed by atoms with Gasteiger partial charge >= 0.3 is 0 Å². The molecule has 0 aliphatic heterocycles. The Morgan fingerprint density at radius 3 is 2.71 bits per heavy atom. The van der Waals surface area contributed by atoms with Crippen molar-refractivity contribution in [1.82, 2.24) is 10.3 Å². The van der Waals surface area contributed by atoms with E-state index >= 15 is 0 Å². The lowest BCUT2D eigenvalue weighted by atomic mass is 10.0. The van der Waals surface area contributed by atoms with Gasteiger partial charge in [0.25, 0.3) is 0 Å². The van der Waals surface area contributed by atoms with Gasteiger partial charge in [-0.3, -0.25) is 0 Å². The SMILES string of the molecule is CCCNC(Cc1nc(C)c(C)s1)c1ccc(I)c(Cl)c1. The molecule has 2 nitrogen and oxygen atoms in total. The maximum Gasteiger partial charge on any atom is 0.0949 e. The average molecular weight is 435 g/mol. The molecule has 5 heteroatoms. The lowest BCUT2D eigenvalue weighted by molar-refractivity contribution is 0.528. The predicted molar refractivity (Wildman–Crippen MR) is 100 cm³/mol. The van der Waals surface area contributed by atoms with E-state index in [9.17, 15) is 0 Å². The van der Waals surface area contributed by atoms with Crippen molar-refractivity contribution >= 4 is 45.5 Å². The van der Waals surface area contributed by atoms with Crippen LogP contribution in [0.1, 0.15) is 40.5 Å². The summed E-state index contributed by atoms with van der Waals surface area (Å²) in [6.07, 6.45) is 2.03. The number of rotatable bonds is 6. The number of aromatic nitrogens is 1. The minimum Gasteiger partial charge on any atom is -0.310 e. The highest BCUT2D eigenvalue weighted by atomic mass is 127. The fourth-order valence-corrected chi connectivity index (χ4v) is 3.66. The average Bonchev–Trinajstić information content (AvgIpc) is 2.76. The number of thiazole rings is 1. The number of aryl methyl sites for hydroxylation is 2. The van der Waals surface area contributed by atoms with Crippen LogP contribution in [0.15, 0.2) is 18.2 Å². The Hall–Kier alpha value is -0.170. The molecule has 0 saturated heterocycles. The van der Waals surface area contributed by atoms with Crippen molar-refractivity contribution in [3.05, 3.63) is 47.9 Å². The summed E-state index contributed by atoms with van der Waals surface area (Å²) in [5.41, 5.74) is 2.38. The standard InChI is InChI=1S/C16H20ClIN2S/c1-4-7-19-15(9-16-20-10(2)11(3)21-16)12-5-6-14(18)13(17)8-12/h5-6,8,15,19H,4,7,9H2,1-3H3. The molecule has 114 valence electrons. The van der Waals surface area contributed by atoms with E-state index in [1.807, 2.05) is 0 Å². The van der Waals surface area contributed by atoms with Gasteiger partial charge in [-0.15, -0.1) is 11.3 Å². The van der Waals surface area contributed by atoms with Crippen LogP contribution in [-0.2, 0) is 6.42 Å². The molecule has 2 aromatic rings. The monoisotopic (exact) mass is 434 g/mol. The zero-order valence-electron chi connectivity index (χ0n) is 12.5. The van der Waals surface area contributed by atoms with Gasteiger partial charge in [0.05, 0.1) is 15.7 Å². The van der Waals surface area contributed by atoms with Crippen LogP contribution in [-0.4, -0.2) is 11.5 Å². The first-order valence-electron chi connectivity index (χ1n) is 7.12. The van der Waals surface area contributed by atoms with Crippen molar-refractivity contribution in [2.24, 2.45) is 0 Å². The molecule has 0 radical (unpaired) electrons. The van der Waals surface area contributed by atoms with Gasteiger partial charge in [0.1, 0.15) is 0 Å². The Kier molecular flexibility index (Phi) is 6.47. The zero-order chi connectivity index (χ0) is 15.4. The zero-order valence-corrected chi connectivity index (χ0v) is 16.3. The third kappa shape index (κ3) is 4.65. The van der Waals surface area contributed by atoms with E-state index in [4.69, 9.17) is 11.6 Å². The fourth-order valence-electron chi connectivity index (χ4n) is 2.16. The molecular formula is C16H20ClIN2S. The maximum absolute atomic E-state index is 6.28. The number of benzene rings is 1. The number of hydrogen-bond acceptors (Lipinski definition) is 3. The van der Waals surface area contributed by atoms with Crippen molar-refractivity contribution < 1.29 is 0 Å². The summed E-state index contributed by atoms with van der Waals surface area (Å²) in [5.74, 6) is 0. The summed E-state index contributed by atoms with van der Waals surface area (Å²) in [6.45, 7) is 7.39. The molecular weight excluding hydrogens is 415 g/mol. The van der Waals surface area contributed by atoms with Crippen LogP contribution >= 0.6 is 45.5 Å². The molecule has 0 saturated carbocycles. The van der Waals surface area contributed by atoms with Gasteiger partial charge in [0.15, 0.2) is 0 Å². The van der Waals surface area contributed by atoms with Crippen LogP contribution in [0.3, 0.4) is 0 Å². The minimum atomic E-state index is 0.268. The van der Waals surface area contributed by atoms with E-state index in [1.165, 1.54) is 15.4 Å². The highest BCUT2D eigenvalue weighted by Gasteiger charge is 2.15. The maximum atomic E-state index is 6.28. The smallest absolute Gasteiger partial charge is 0.0949 e. The normalized spacial score (nSPS) is 12.6. The third-order valence-electron chi connectivity index (χ3n) is 3.44. The van der Waals surface area contributed by atoms with Gasteiger partial charge in [-0.2, -0.15) is 0 Å². The Balaban J connectivity index is 2.22. The third-order valence-corrected chi connectivity index (χ3v) is 6.11. The van der Waals surface area contributed by atoms with E-state index in [1.54, 1.807) is 11.3 Å². The van der Waals surface area contributed by atoms with Crippen LogP contribution in [0.25, 0.3) is 0 Å². The predicted octanol–water partition coefficient (Wildman–Crippen LogP) is 5.30. The molecule has 0 spiro atoms. The van der Waals surface area contributed by atoms with Crippen LogP contribution in [0.4, 0.5) is 0 Å². The molecule has 1 heterocycles. The van der Waals surface area contributed by atoms with E-state index in [0.29, 0.717) is 0 Å². The molecule has 0 aliphatic rings. The quantitative estimate of drug-likeness (QED) is 0.624. The highest BCUT2D eigenvalue weighted by molar-refractivity contribution is 14.1. The fraction of sp³-hybridized carbons (Fsp3) is 0.438. The number of nitrogens with one attached hydrogen (secondary N) is 1. The second-order valence-corrected chi connectivity index (χ2v) is 7.99. The summed E-state index contributed by atoms with van der Waals surface area (Å²) in [6, 6.07) is 6.58. The Morgan fingerprint density at radius 2 is 2.14 bits per heavy atom.